The third kappa shape index (κ3) is 0.639. The average molecular weight is 131 g/mol. The molecule has 0 spiro atoms. The van der Waals surface area contributed by atoms with Gasteiger partial charge in [-0.15, -0.1) is 0 Å². The lowest BCUT2D eigenvalue weighted by Crippen LogP contribution is -2.02. The van der Waals surface area contributed by atoms with Crippen molar-refractivity contribution in [1.82, 2.24) is 0 Å². The molecule has 3 heteroatoms. The van der Waals surface area contributed by atoms with E-state index in [0.717, 1.165) is 5.71 Å². The molecule has 0 amide bonds. The molecular formula is C7H3N2O. The number of aliphatic imine (C=N–C) groups is 2. The van der Waals surface area contributed by atoms with E-state index in [2.05, 4.69) is 16.3 Å². The molecule has 1 aliphatic carbocycles. The van der Waals surface area contributed by atoms with Gasteiger partial charge in [0.25, 0.3) is 0 Å². The number of allylic oxidation sites excluding steroid dienone is 3. The van der Waals surface area contributed by atoms with Gasteiger partial charge in [-0.25, -0.2) is 9.98 Å². The highest BCUT2D eigenvalue weighted by molar-refractivity contribution is 6.22. The molecule has 2 rings (SSSR count). The highest BCUT2D eigenvalue weighted by atomic mass is 16.1. The molecule has 0 saturated carbocycles. The van der Waals surface area contributed by atoms with Crippen molar-refractivity contribution in [2.75, 3.05) is 0 Å². The van der Waals surface area contributed by atoms with Gasteiger partial charge in [0.15, 0.2) is 12.1 Å². The molecule has 0 aromatic carbocycles. The van der Waals surface area contributed by atoms with Gasteiger partial charge in [0.05, 0.1) is 11.4 Å². The van der Waals surface area contributed by atoms with E-state index in [1.165, 1.54) is 12.2 Å². The number of carbonyl (C=O) groups is 1. The van der Waals surface area contributed by atoms with Crippen LogP contribution in [-0.4, -0.2) is 17.8 Å². The van der Waals surface area contributed by atoms with Gasteiger partial charge >= 0.3 is 0 Å². The molecule has 0 atom stereocenters. The molecule has 0 aromatic rings. The van der Waals surface area contributed by atoms with Gasteiger partial charge in [0.1, 0.15) is 0 Å². The molecule has 3 nitrogen and oxygen atoms in total. The van der Waals surface area contributed by atoms with Crippen molar-refractivity contribution < 1.29 is 4.79 Å². The van der Waals surface area contributed by atoms with E-state index < -0.39 is 0 Å². The van der Waals surface area contributed by atoms with Crippen molar-refractivity contribution in [3.8, 4) is 0 Å². The van der Waals surface area contributed by atoms with E-state index in [4.69, 9.17) is 0 Å². The van der Waals surface area contributed by atoms with E-state index in [9.17, 15) is 4.79 Å². The Balaban J connectivity index is 2.51. The summed E-state index contributed by atoms with van der Waals surface area (Å²) in [5.41, 5.74) is 1.34. The molecule has 0 fully saturated rings. The minimum Gasteiger partial charge on any atom is -0.290 e. The summed E-state index contributed by atoms with van der Waals surface area (Å²) in [6.45, 7) is 0. The summed E-state index contributed by atoms with van der Waals surface area (Å²) >= 11 is 0. The standard InChI is InChI=1S/C7H3N2O/c10-5-1-2-6-7(3-5)9-4-8-6/h1-3H. The van der Waals surface area contributed by atoms with Crippen molar-refractivity contribution in [2.24, 2.45) is 9.98 Å². The Morgan fingerprint density at radius 1 is 1.40 bits per heavy atom. The van der Waals surface area contributed by atoms with Gasteiger partial charge < -0.3 is 0 Å². The maximum Gasteiger partial charge on any atom is 0.199 e. The largest absolute Gasteiger partial charge is 0.290 e. The van der Waals surface area contributed by atoms with E-state index in [1.54, 1.807) is 6.08 Å². The number of rotatable bonds is 0. The second kappa shape index (κ2) is 1.73. The molecule has 1 radical (unpaired) electrons. The Labute approximate surface area is 57.5 Å². The molecule has 0 unspecified atom stereocenters. The monoisotopic (exact) mass is 131 g/mol. The zero-order chi connectivity index (χ0) is 6.97. The van der Waals surface area contributed by atoms with Gasteiger partial charge in [0, 0.05) is 6.08 Å². The zero-order valence-electron chi connectivity index (χ0n) is 5.03. The Hall–Kier alpha value is -1.51. The van der Waals surface area contributed by atoms with Crippen LogP contribution in [0.5, 0.6) is 0 Å². The summed E-state index contributed by atoms with van der Waals surface area (Å²) in [7, 11) is 0. The van der Waals surface area contributed by atoms with Crippen LogP contribution in [0, 0.1) is 0 Å². The Morgan fingerprint density at radius 3 is 3.20 bits per heavy atom. The Morgan fingerprint density at radius 2 is 2.30 bits per heavy atom. The molecular weight excluding hydrogens is 128 g/mol. The van der Waals surface area contributed by atoms with Crippen LogP contribution in [0.4, 0.5) is 0 Å². The van der Waals surface area contributed by atoms with Crippen LogP contribution in [0.25, 0.3) is 0 Å². The lowest BCUT2D eigenvalue weighted by atomic mass is 10.1. The third-order valence-corrected chi connectivity index (χ3v) is 1.29. The summed E-state index contributed by atoms with van der Waals surface area (Å²) in [4.78, 5) is 18.2. The SMILES string of the molecule is O=C1C=CC2=N[C]=NC2=C1. The highest BCUT2D eigenvalue weighted by Gasteiger charge is 2.12. The smallest absolute Gasteiger partial charge is 0.199 e. The Kier molecular flexibility index (Phi) is 0.917. The number of ketones is 1. The average Bonchev–Trinajstić information content (AvgIpc) is 2.33. The molecule has 2 aliphatic rings. The minimum atomic E-state index is -0.0404. The van der Waals surface area contributed by atoms with E-state index >= 15 is 0 Å². The predicted octanol–water partition coefficient (Wildman–Crippen LogP) is 0.369. The third-order valence-electron chi connectivity index (χ3n) is 1.29. The fraction of sp³-hybridized carbons (Fsp3) is 0. The van der Waals surface area contributed by atoms with E-state index in [0.29, 0.717) is 5.70 Å². The molecule has 10 heavy (non-hydrogen) atoms. The first-order valence-corrected chi connectivity index (χ1v) is 2.84. The molecule has 0 aromatic heterocycles. The fourth-order valence-electron chi connectivity index (χ4n) is 0.820. The molecule has 0 N–H and O–H groups in total. The van der Waals surface area contributed by atoms with E-state index in [-0.39, 0.29) is 5.78 Å². The predicted molar refractivity (Wildman–Crippen MR) is 37.1 cm³/mol. The van der Waals surface area contributed by atoms with Crippen LogP contribution >= 0.6 is 0 Å². The van der Waals surface area contributed by atoms with Crippen molar-refractivity contribution in [2.45, 2.75) is 0 Å². The second-order valence-corrected chi connectivity index (χ2v) is 1.97. The first-order chi connectivity index (χ1) is 4.86. The maximum absolute atomic E-state index is 10.7. The lowest BCUT2D eigenvalue weighted by molar-refractivity contribution is -0.110. The summed E-state index contributed by atoms with van der Waals surface area (Å²) in [5, 5.41) is 0. The Bertz CT molecular complexity index is 308. The van der Waals surface area contributed by atoms with Gasteiger partial charge in [-0.1, -0.05) is 0 Å². The lowest BCUT2D eigenvalue weighted by Gasteiger charge is -1.97. The fourth-order valence-corrected chi connectivity index (χ4v) is 0.820. The topological polar surface area (TPSA) is 41.8 Å². The second-order valence-electron chi connectivity index (χ2n) is 1.97. The van der Waals surface area contributed by atoms with Crippen LogP contribution in [0.1, 0.15) is 0 Å². The van der Waals surface area contributed by atoms with Crippen molar-refractivity contribution >= 4 is 17.8 Å². The zero-order valence-corrected chi connectivity index (χ0v) is 5.03. The maximum atomic E-state index is 10.7. The number of carbonyl (C=O) groups excluding carboxylic acids is 1. The summed E-state index contributed by atoms with van der Waals surface area (Å²) in [5.74, 6) is -0.0404. The van der Waals surface area contributed by atoms with Crippen LogP contribution in [0.15, 0.2) is 33.9 Å². The number of fused-ring (bicyclic) bond motifs is 1. The minimum absolute atomic E-state index is 0.0404. The molecule has 0 bridgehead atoms. The number of hydrogen-bond donors (Lipinski definition) is 0. The normalized spacial score (nSPS) is 20.6. The molecule has 0 saturated heterocycles. The van der Waals surface area contributed by atoms with Crippen LogP contribution in [0.3, 0.4) is 0 Å². The van der Waals surface area contributed by atoms with Crippen molar-refractivity contribution in [3.63, 3.8) is 0 Å². The first-order valence-electron chi connectivity index (χ1n) is 2.84. The molecule has 1 heterocycles. The summed E-state index contributed by atoms with van der Waals surface area (Å²) < 4.78 is 0. The summed E-state index contributed by atoms with van der Waals surface area (Å²) in [6.07, 6.45) is 6.97. The van der Waals surface area contributed by atoms with Gasteiger partial charge in [-0.2, -0.15) is 0 Å². The number of hydrogen-bond acceptors (Lipinski definition) is 3. The quantitative estimate of drug-likeness (QED) is 0.438. The molecule has 47 valence electrons. The first kappa shape index (κ1) is 5.29. The highest BCUT2D eigenvalue weighted by Crippen LogP contribution is 2.11. The van der Waals surface area contributed by atoms with Crippen molar-refractivity contribution in [1.29, 1.82) is 0 Å². The van der Waals surface area contributed by atoms with Crippen LogP contribution in [-0.2, 0) is 4.79 Å². The van der Waals surface area contributed by atoms with Gasteiger partial charge in [-0.3, -0.25) is 4.79 Å². The van der Waals surface area contributed by atoms with Crippen LogP contribution in [0.2, 0.25) is 0 Å². The number of nitrogens with zero attached hydrogens (tertiary/aromatic N) is 2. The van der Waals surface area contributed by atoms with Gasteiger partial charge in [0.2, 0.25) is 0 Å². The van der Waals surface area contributed by atoms with E-state index in [1.807, 2.05) is 0 Å². The van der Waals surface area contributed by atoms with Crippen LogP contribution < -0.4 is 0 Å². The summed E-state index contributed by atoms with van der Waals surface area (Å²) in [6, 6.07) is 0. The van der Waals surface area contributed by atoms with Gasteiger partial charge in [-0.05, 0) is 12.2 Å². The molecule has 1 aliphatic heterocycles. The van der Waals surface area contributed by atoms with Crippen molar-refractivity contribution in [3.05, 3.63) is 23.9 Å².